The van der Waals surface area contributed by atoms with Crippen molar-refractivity contribution in [2.75, 3.05) is 41.3 Å². The first-order valence-corrected chi connectivity index (χ1v) is 10.9. The molecule has 2 unspecified atom stereocenters. The summed E-state index contributed by atoms with van der Waals surface area (Å²) in [5.41, 5.74) is 3.51. The molecule has 0 aliphatic carbocycles. The molecule has 1 aromatic heterocycles. The van der Waals surface area contributed by atoms with E-state index in [0.717, 1.165) is 43.9 Å². The van der Waals surface area contributed by atoms with E-state index in [-0.39, 0.29) is 29.6 Å². The second kappa shape index (κ2) is 8.90. The summed E-state index contributed by atoms with van der Waals surface area (Å²) in [7, 11) is 0. The number of aromatic nitrogens is 2. The standard InChI is InChI=1S/C23H29N7O/c1-4-20-15(2)23(28-22-14-26-17(12-24)13-27-22)19-11-18(29-9-7-25-8-10-29)5-6-21(19)30(20)16(3)31/h5-6,11,13-15,20,23,25H,4,7-10H2,1-3H3,(H,27,28)/t15-,20?,23?/m0/s1. The number of amides is 1. The maximum absolute atomic E-state index is 12.6. The molecule has 2 aliphatic rings. The number of nitrogens with one attached hydrogen (secondary N) is 2. The Labute approximate surface area is 183 Å². The molecule has 1 saturated heterocycles. The molecule has 1 aromatic carbocycles. The topological polar surface area (TPSA) is 97.2 Å². The normalized spacial score (nSPS) is 23.1. The number of anilines is 3. The third-order valence-electron chi connectivity index (χ3n) is 6.38. The highest BCUT2D eigenvalue weighted by Gasteiger charge is 2.40. The van der Waals surface area contributed by atoms with Crippen LogP contribution in [0.2, 0.25) is 0 Å². The van der Waals surface area contributed by atoms with Crippen LogP contribution < -0.4 is 20.4 Å². The van der Waals surface area contributed by atoms with E-state index >= 15 is 0 Å². The molecule has 0 bridgehead atoms. The molecule has 4 rings (SSSR count). The molecule has 1 amide bonds. The smallest absolute Gasteiger partial charge is 0.224 e. The lowest BCUT2D eigenvalue weighted by atomic mass is 9.80. The van der Waals surface area contributed by atoms with Gasteiger partial charge >= 0.3 is 0 Å². The molecule has 2 N–H and O–H groups in total. The van der Waals surface area contributed by atoms with Gasteiger partial charge in [0.1, 0.15) is 11.9 Å². The SMILES string of the molecule is CCC1[C@H](C)C(Nc2cnc(C#N)cn2)c2cc(N3CCNCC3)ccc2N1C(C)=O. The van der Waals surface area contributed by atoms with E-state index in [2.05, 4.69) is 57.5 Å². The van der Waals surface area contributed by atoms with Crippen molar-refractivity contribution in [2.24, 2.45) is 5.92 Å². The van der Waals surface area contributed by atoms with Crippen LogP contribution in [0.15, 0.2) is 30.6 Å². The van der Waals surface area contributed by atoms with Gasteiger partial charge in [-0.05, 0) is 24.6 Å². The molecule has 3 heterocycles. The fraction of sp³-hybridized carbons (Fsp3) is 0.478. The van der Waals surface area contributed by atoms with Gasteiger partial charge in [0.2, 0.25) is 5.91 Å². The van der Waals surface area contributed by atoms with Crippen LogP contribution in [-0.2, 0) is 4.79 Å². The Morgan fingerprint density at radius 2 is 2.06 bits per heavy atom. The minimum Gasteiger partial charge on any atom is -0.369 e. The van der Waals surface area contributed by atoms with Crippen LogP contribution in [0.4, 0.5) is 17.2 Å². The average Bonchev–Trinajstić information content (AvgIpc) is 2.81. The molecule has 0 saturated carbocycles. The Kier molecular flexibility index (Phi) is 6.05. The van der Waals surface area contributed by atoms with Crippen molar-refractivity contribution in [2.45, 2.75) is 39.3 Å². The van der Waals surface area contributed by atoms with Gasteiger partial charge in [-0.25, -0.2) is 9.97 Å². The molecule has 8 nitrogen and oxygen atoms in total. The summed E-state index contributed by atoms with van der Waals surface area (Å²) in [5, 5.41) is 15.9. The Morgan fingerprint density at radius 3 is 2.68 bits per heavy atom. The lowest BCUT2D eigenvalue weighted by molar-refractivity contribution is -0.117. The predicted molar refractivity (Wildman–Crippen MR) is 121 cm³/mol. The number of piperazine rings is 1. The summed E-state index contributed by atoms with van der Waals surface area (Å²) in [5.74, 6) is 0.851. The van der Waals surface area contributed by atoms with E-state index < -0.39 is 0 Å². The summed E-state index contributed by atoms with van der Waals surface area (Å²) in [6, 6.07) is 8.49. The van der Waals surface area contributed by atoms with Gasteiger partial charge in [0.25, 0.3) is 0 Å². The molecular weight excluding hydrogens is 390 g/mol. The summed E-state index contributed by atoms with van der Waals surface area (Å²) < 4.78 is 0. The van der Waals surface area contributed by atoms with Crippen molar-refractivity contribution in [3.63, 3.8) is 0 Å². The van der Waals surface area contributed by atoms with Gasteiger partial charge in [-0.2, -0.15) is 5.26 Å². The van der Waals surface area contributed by atoms with E-state index in [0.29, 0.717) is 5.82 Å². The van der Waals surface area contributed by atoms with Crippen molar-refractivity contribution in [1.82, 2.24) is 15.3 Å². The molecule has 0 radical (unpaired) electrons. The first kappa shape index (κ1) is 21.1. The first-order chi connectivity index (χ1) is 15.0. The van der Waals surface area contributed by atoms with Gasteiger partial charge in [-0.1, -0.05) is 13.8 Å². The van der Waals surface area contributed by atoms with Crippen molar-refractivity contribution >= 4 is 23.1 Å². The Hall–Kier alpha value is -3.18. The summed E-state index contributed by atoms with van der Waals surface area (Å²) >= 11 is 0. The van der Waals surface area contributed by atoms with Crippen LogP contribution in [0, 0.1) is 17.2 Å². The number of nitriles is 1. The van der Waals surface area contributed by atoms with Crippen molar-refractivity contribution in [3.8, 4) is 6.07 Å². The monoisotopic (exact) mass is 419 g/mol. The lowest BCUT2D eigenvalue weighted by Gasteiger charge is -2.45. The maximum atomic E-state index is 12.6. The number of fused-ring (bicyclic) bond motifs is 1. The summed E-state index contributed by atoms with van der Waals surface area (Å²) in [6.45, 7) is 9.79. The van der Waals surface area contributed by atoms with Crippen molar-refractivity contribution in [1.29, 1.82) is 5.26 Å². The van der Waals surface area contributed by atoms with Crippen molar-refractivity contribution < 1.29 is 4.79 Å². The van der Waals surface area contributed by atoms with Gasteiger partial charge in [-0.3, -0.25) is 4.79 Å². The van der Waals surface area contributed by atoms with E-state index in [1.54, 1.807) is 13.1 Å². The zero-order chi connectivity index (χ0) is 22.0. The molecule has 162 valence electrons. The van der Waals surface area contributed by atoms with Gasteiger partial charge < -0.3 is 20.4 Å². The highest BCUT2D eigenvalue weighted by atomic mass is 16.2. The zero-order valence-electron chi connectivity index (χ0n) is 18.3. The van der Waals surface area contributed by atoms with E-state index in [1.165, 1.54) is 11.9 Å². The van der Waals surface area contributed by atoms with Gasteiger partial charge in [-0.15, -0.1) is 0 Å². The number of carbonyl (C=O) groups excluding carboxylic acids is 1. The third kappa shape index (κ3) is 4.06. The number of benzene rings is 1. The van der Waals surface area contributed by atoms with Crippen LogP contribution in [0.25, 0.3) is 0 Å². The summed E-state index contributed by atoms with van der Waals surface area (Å²) in [4.78, 5) is 25.5. The number of hydrogen-bond donors (Lipinski definition) is 2. The molecular formula is C23H29N7O. The van der Waals surface area contributed by atoms with Gasteiger partial charge in [0, 0.05) is 62.0 Å². The van der Waals surface area contributed by atoms with E-state index in [9.17, 15) is 4.79 Å². The quantitative estimate of drug-likeness (QED) is 0.786. The van der Waals surface area contributed by atoms with E-state index in [4.69, 9.17) is 5.26 Å². The Morgan fingerprint density at radius 1 is 1.29 bits per heavy atom. The fourth-order valence-electron chi connectivity index (χ4n) is 4.84. The Balaban J connectivity index is 1.76. The highest BCUT2D eigenvalue weighted by molar-refractivity contribution is 5.94. The lowest BCUT2D eigenvalue weighted by Crippen LogP contribution is -2.50. The number of carbonyl (C=O) groups is 1. The van der Waals surface area contributed by atoms with Gasteiger partial charge in [0.15, 0.2) is 5.69 Å². The molecule has 2 aliphatic heterocycles. The zero-order valence-corrected chi connectivity index (χ0v) is 18.3. The molecule has 1 fully saturated rings. The predicted octanol–water partition coefficient (Wildman–Crippen LogP) is 2.69. The minimum atomic E-state index is -0.0272. The first-order valence-electron chi connectivity index (χ1n) is 10.9. The number of hydrogen-bond acceptors (Lipinski definition) is 7. The number of nitrogens with zero attached hydrogens (tertiary/aromatic N) is 5. The molecule has 3 atom stereocenters. The molecule has 2 aromatic rings. The Bertz CT molecular complexity index is 978. The maximum Gasteiger partial charge on any atom is 0.224 e. The van der Waals surface area contributed by atoms with Crippen LogP contribution >= 0.6 is 0 Å². The van der Waals surface area contributed by atoms with Gasteiger partial charge in [0.05, 0.1) is 18.4 Å². The third-order valence-corrected chi connectivity index (χ3v) is 6.38. The van der Waals surface area contributed by atoms with Crippen molar-refractivity contribution in [3.05, 3.63) is 41.9 Å². The van der Waals surface area contributed by atoms with Crippen LogP contribution in [-0.4, -0.2) is 48.1 Å². The number of rotatable bonds is 4. The minimum absolute atomic E-state index is 0.0272. The molecule has 8 heteroatoms. The van der Waals surface area contributed by atoms with Crippen LogP contribution in [0.1, 0.15) is 44.5 Å². The van der Waals surface area contributed by atoms with Crippen LogP contribution in [0.3, 0.4) is 0 Å². The average molecular weight is 420 g/mol. The second-order valence-electron chi connectivity index (χ2n) is 8.22. The fourth-order valence-corrected chi connectivity index (χ4v) is 4.84. The largest absolute Gasteiger partial charge is 0.369 e. The van der Waals surface area contributed by atoms with E-state index in [1.807, 2.05) is 11.0 Å². The highest BCUT2D eigenvalue weighted by Crippen LogP contribution is 2.44. The van der Waals surface area contributed by atoms with Crippen LogP contribution in [0.5, 0.6) is 0 Å². The molecule has 31 heavy (non-hydrogen) atoms. The second-order valence-corrected chi connectivity index (χ2v) is 8.22. The summed E-state index contributed by atoms with van der Waals surface area (Å²) in [6.07, 6.45) is 3.94. The molecule has 0 spiro atoms.